The zero-order valence-electron chi connectivity index (χ0n) is 14.4. The summed E-state index contributed by atoms with van der Waals surface area (Å²) in [6.45, 7) is 5.89. The second-order valence-electron chi connectivity index (χ2n) is 7.64. The molecule has 1 aromatic carbocycles. The highest BCUT2D eigenvalue weighted by atomic mass is 16.2. The number of rotatable bonds is 2. The predicted octanol–water partition coefficient (Wildman–Crippen LogP) is 3.17. The quantitative estimate of drug-likeness (QED) is 0.923. The Morgan fingerprint density at radius 1 is 1.25 bits per heavy atom. The van der Waals surface area contributed by atoms with Crippen molar-refractivity contribution in [2.75, 3.05) is 13.1 Å². The molecule has 2 fully saturated rings. The van der Waals surface area contributed by atoms with Crippen molar-refractivity contribution >= 4 is 16.8 Å². The van der Waals surface area contributed by atoms with Gasteiger partial charge in [-0.05, 0) is 42.7 Å². The highest BCUT2D eigenvalue weighted by Crippen LogP contribution is 2.38. The minimum atomic E-state index is 0.136. The Balaban J connectivity index is 1.72. The van der Waals surface area contributed by atoms with Gasteiger partial charge in [0.2, 0.25) is 0 Å². The van der Waals surface area contributed by atoms with Crippen LogP contribution in [0.3, 0.4) is 0 Å². The number of para-hydroxylation sites is 1. The maximum Gasteiger partial charge on any atom is 0.254 e. The number of hydrogen-bond acceptors (Lipinski definition) is 3. The van der Waals surface area contributed by atoms with Crippen molar-refractivity contribution in [3.8, 4) is 0 Å². The number of likely N-dealkylation sites (tertiary alicyclic amines) is 1. The van der Waals surface area contributed by atoms with E-state index in [1.807, 2.05) is 35.2 Å². The van der Waals surface area contributed by atoms with Crippen LogP contribution in [0.15, 0.2) is 30.3 Å². The Hall–Kier alpha value is -1.94. The Bertz CT molecular complexity index is 786. The number of nitrogens with two attached hydrogens (primary N) is 1. The fourth-order valence-electron chi connectivity index (χ4n) is 4.31. The van der Waals surface area contributed by atoms with Crippen LogP contribution in [0.25, 0.3) is 10.9 Å². The first-order chi connectivity index (χ1) is 11.5. The van der Waals surface area contributed by atoms with Gasteiger partial charge in [-0.3, -0.25) is 9.78 Å². The number of amides is 1. The molecule has 2 aliphatic rings. The molecule has 4 nitrogen and oxygen atoms in total. The minimum Gasteiger partial charge on any atom is -0.338 e. The standard InChI is InChI=1S/C20H25N3O/c1-12(2)19-9-15(14-5-3-4-6-18(14)22-19)20(24)23-10-13-7-8-17(21)16(13)11-23/h3-6,9,12-13,16-17H,7-8,10-11,21H2,1-2H3. The van der Waals surface area contributed by atoms with E-state index < -0.39 is 0 Å². The lowest BCUT2D eigenvalue weighted by molar-refractivity contribution is 0.0781. The predicted molar refractivity (Wildman–Crippen MR) is 95.9 cm³/mol. The molecule has 1 amide bonds. The van der Waals surface area contributed by atoms with Crippen LogP contribution in [0.5, 0.6) is 0 Å². The zero-order valence-corrected chi connectivity index (χ0v) is 14.4. The highest BCUT2D eigenvalue weighted by Gasteiger charge is 2.42. The molecule has 1 aliphatic carbocycles. The Kier molecular flexibility index (Phi) is 3.80. The molecule has 2 aromatic rings. The number of carbonyl (C=O) groups excluding carboxylic acids is 1. The molecule has 0 radical (unpaired) electrons. The average molecular weight is 323 g/mol. The number of hydrogen-bond donors (Lipinski definition) is 1. The molecule has 1 saturated heterocycles. The van der Waals surface area contributed by atoms with Crippen LogP contribution >= 0.6 is 0 Å². The monoisotopic (exact) mass is 323 g/mol. The molecule has 0 bridgehead atoms. The summed E-state index contributed by atoms with van der Waals surface area (Å²) >= 11 is 0. The molecule has 3 atom stereocenters. The van der Waals surface area contributed by atoms with Gasteiger partial charge in [0.05, 0.1) is 11.1 Å². The van der Waals surface area contributed by atoms with Crippen molar-refractivity contribution in [3.63, 3.8) is 0 Å². The van der Waals surface area contributed by atoms with Gasteiger partial charge in [-0.2, -0.15) is 0 Å². The van der Waals surface area contributed by atoms with Crippen LogP contribution in [0.1, 0.15) is 48.7 Å². The van der Waals surface area contributed by atoms with Gasteiger partial charge in [0.25, 0.3) is 5.91 Å². The molecule has 3 unspecified atom stereocenters. The van der Waals surface area contributed by atoms with Crippen molar-refractivity contribution in [1.29, 1.82) is 0 Å². The van der Waals surface area contributed by atoms with E-state index in [2.05, 4.69) is 13.8 Å². The normalized spacial score (nSPS) is 26.3. The molecule has 2 N–H and O–H groups in total. The fourth-order valence-corrected chi connectivity index (χ4v) is 4.31. The molecule has 24 heavy (non-hydrogen) atoms. The van der Waals surface area contributed by atoms with E-state index >= 15 is 0 Å². The first-order valence-corrected chi connectivity index (χ1v) is 8.99. The summed E-state index contributed by atoms with van der Waals surface area (Å²) < 4.78 is 0. The SMILES string of the molecule is CC(C)c1cc(C(=O)N2CC3CCC(N)C3C2)c2ccccc2n1. The molecule has 1 aromatic heterocycles. The molecular formula is C20H25N3O. The summed E-state index contributed by atoms with van der Waals surface area (Å²) in [6, 6.07) is 10.2. The smallest absolute Gasteiger partial charge is 0.254 e. The Labute approximate surface area is 143 Å². The Morgan fingerprint density at radius 3 is 2.79 bits per heavy atom. The summed E-state index contributed by atoms with van der Waals surface area (Å²) in [7, 11) is 0. The lowest BCUT2D eigenvalue weighted by atomic mass is 9.98. The largest absolute Gasteiger partial charge is 0.338 e. The van der Waals surface area contributed by atoms with Crippen LogP contribution in [-0.4, -0.2) is 34.9 Å². The summed E-state index contributed by atoms with van der Waals surface area (Å²) in [6.07, 6.45) is 2.26. The molecule has 2 heterocycles. The zero-order chi connectivity index (χ0) is 16.8. The number of fused-ring (bicyclic) bond motifs is 2. The lowest BCUT2D eigenvalue weighted by Crippen LogP contribution is -2.33. The van der Waals surface area contributed by atoms with Gasteiger partial charge in [0, 0.05) is 30.2 Å². The van der Waals surface area contributed by atoms with Gasteiger partial charge in [0.15, 0.2) is 0 Å². The third kappa shape index (κ3) is 2.49. The molecular weight excluding hydrogens is 298 g/mol. The molecule has 0 spiro atoms. The molecule has 4 rings (SSSR count). The third-order valence-electron chi connectivity index (χ3n) is 5.76. The van der Waals surface area contributed by atoms with Gasteiger partial charge in [0.1, 0.15) is 0 Å². The fraction of sp³-hybridized carbons (Fsp3) is 0.500. The van der Waals surface area contributed by atoms with Gasteiger partial charge in [-0.15, -0.1) is 0 Å². The van der Waals surface area contributed by atoms with Crippen LogP contribution in [0, 0.1) is 11.8 Å². The van der Waals surface area contributed by atoms with Gasteiger partial charge >= 0.3 is 0 Å². The van der Waals surface area contributed by atoms with E-state index in [-0.39, 0.29) is 11.9 Å². The maximum atomic E-state index is 13.2. The number of nitrogens with zero attached hydrogens (tertiary/aromatic N) is 2. The number of benzene rings is 1. The molecule has 126 valence electrons. The topological polar surface area (TPSA) is 59.2 Å². The average Bonchev–Trinajstić information content (AvgIpc) is 3.15. The van der Waals surface area contributed by atoms with E-state index in [4.69, 9.17) is 10.7 Å². The van der Waals surface area contributed by atoms with E-state index in [1.165, 1.54) is 0 Å². The van der Waals surface area contributed by atoms with Crippen molar-refractivity contribution in [2.45, 2.75) is 38.6 Å². The van der Waals surface area contributed by atoms with Crippen molar-refractivity contribution in [1.82, 2.24) is 9.88 Å². The highest BCUT2D eigenvalue weighted by molar-refractivity contribution is 6.06. The van der Waals surface area contributed by atoms with Crippen LogP contribution in [0.4, 0.5) is 0 Å². The minimum absolute atomic E-state index is 0.136. The second-order valence-corrected chi connectivity index (χ2v) is 7.64. The van der Waals surface area contributed by atoms with E-state index in [0.29, 0.717) is 17.8 Å². The van der Waals surface area contributed by atoms with Gasteiger partial charge < -0.3 is 10.6 Å². The van der Waals surface area contributed by atoms with Crippen molar-refractivity contribution in [2.24, 2.45) is 17.6 Å². The first-order valence-electron chi connectivity index (χ1n) is 8.99. The Morgan fingerprint density at radius 2 is 2.04 bits per heavy atom. The third-order valence-corrected chi connectivity index (χ3v) is 5.76. The summed E-state index contributed by atoms with van der Waals surface area (Å²) in [5.74, 6) is 1.50. The lowest BCUT2D eigenvalue weighted by Gasteiger charge is -2.20. The van der Waals surface area contributed by atoms with E-state index in [1.54, 1.807) is 0 Å². The van der Waals surface area contributed by atoms with E-state index in [9.17, 15) is 4.79 Å². The number of carbonyl (C=O) groups is 1. The number of pyridine rings is 1. The molecule has 1 aliphatic heterocycles. The molecule has 4 heteroatoms. The number of aromatic nitrogens is 1. The summed E-state index contributed by atoms with van der Waals surface area (Å²) in [5, 5.41) is 0.952. The van der Waals surface area contributed by atoms with Crippen LogP contribution in [-0.2, 0) is 0 Å². The first kappa shape index (κ1) is 15.6. The summed E-state index contributed by atoms with van der Waals surface area (Å²) in [5.41, 5.74) is 8.90. The van der Waals surface area contributed by atoms with Gasteiger partial charge in [-0.1, -0.05) is 32.0 Å². The van der Waals surface area contributed by atoms with Crippen molar-refractivity contribution < 1.29 is 4.79 Å². The van der Waals surface area contributed by atoms with Crippen LogP contribution < -0.4 is 5.73 Å². The molecule has 1 saturated carbocycles. The van der Waals surface area contributed by atoms with Crippen LogP contribution in [0.2, 0.25) is 0 Å². The maximum absolute atomic E-state index is 13.2. The van der Waals surface area contributed by atoms with Crippen molar-refractivity contribution in [3.05, 3.63) is 41.6 Å². The summed E-state index contributed by atoms with van der Waals surface area (Å²) in [4.78, 5) is 20.0. The van der Waals surface area contributed by atoms with E-state index in [0.717, 1.165) is 48.1 Å². The van der Waals surface area contributed by atoms with Gasteiger partial charge in [-0.25, -0.2) is 0 Å². The second kappa shape index (κ2) is 5.85.